The molecular formula is C18H18ClF3O5S. The number of hydrogen-bond donors (Lipinski definition) is 1. The standard InChI is InChI=1S/C18H18ClF3O5S/c1-4-11(5-9(2)3)28(25,26)15-8-14-10(7-13(15)19)6-12(17(23)24)16(27-14)18(20,21)22/h4,6-9,11,16H,1,5H2,2-3H3,(H,23,24). The van der Waals surface area contributed by atoms with Gasteiger partial charge in [0.05, 0.1) is 20.7 Å². The van der Waals surface area contributed by atoms with E-state index in [1.165, 1.54) is 6.08 Å². The summed E-state index contributed by atoms with van der Waals surface area (Å²) >= 11 is 6.07. The molecule has 1 aliphatic rings. The molecule has 10 heteroatoms. The van der Waals surface area contributed by atoms with Crippen LogP contribution in [0.1, 0.15) is 25.8 Å². The monoisotopic (exact) mass is 438 g/mol. The molecule has 154 valence electrons. The molecule has 0 aliphatic carbocycles. The van der Waals surface area contributed by atoms with E-state index in [-0.39, 0.29) is 22.9 Å². The van der Waals surface area contributed by atoms with Gasteiger partial charge in [-0.2, -0.15) is 13.2 Å². The Kier molecular flexibility index (Phi) is 6.20. The molecule has 2 rings (SSSR count). The highest BCUT2D eigenvalue weighted by atomic mass is 35.5. The summed E-state index contributed by atoms with van der Waals surface area (Å²) in [7, 11) is -4.04. The lowest BCUT2D eigenvalue weighted by Gasteiger charge is -2.28. The van der Waals surface area contributed by atoms with E-state index in [9.17, 15) is 26.4 Å². The number of fused-ring (bicyclic) bond motifs is 1. The summed E-state index contributed by atoms with van der Waals surface area (Å²) in [5, 5.41) is 7.81. The predicted octanol–water partition coefficient (Wildman–Crippen LogP) is 4.51. The smallest absolute Gasteiger partial charge is 0.430 e. The van der Waals surface area contributed by atoms with Crippen LogP contribution in [0.3, 0.4) is 0 Å². The van der Waals surface area contributed by atoms with Crippen molar-refractivity contribution in [3.8, 4) is 5.75 Å². The third-order valence-corrected chi connectivity index (χ3v) is 6.68. The molecule has 1 N–H and O–H groups in total. The summed E-state index contributed by atoms with van der Waals surface area (Å²) in [4.78, 5) is 10.8. The van der Waals surface area contributed by atoms with Gasteiger partial charge >= 0.3 is 12.1 Å². The van der Waals surface area contributed by atoms with E-state index in [1.807, 2.05) is 13.8 Å². The number of carbonyl (C=O) groups is 1. The summed E-state index contributed by atoms with van der Waals surface area (Å²) in [6.45, 7) is 7.15. The normalized spacial score (nSPS) is 18.1. The summed E-state index contributed by atoms with van der Waals surface area (Å²) in [5.41, 5.74) is -1.07. The summed E-state index contributed by atoms with van der Waals surface area (Å²) < 4.78 is 70.3. The van der Waals surface area contributed by atoms with Gasteiger partial charge in [-0.3, -0.25) is 0 Å². The molecule has 1 aliphatic heterocycles. The Balaban J connectivity index is 2.61. The first-order chi connectivity index (χ1) is 12.8. The van der Waals surface area contributed by atoms with Crippen molar-refractivity contribution in [3.05, 3.63) is 40.9 Å². The second kappa shape index (κ2) is 7.79. The molecule has 0 radical (unpaired) electrons. The van der Waals surface area contributed by atoms with Gasteiger partial charge in [0.2, 0.25) is 6.10 Å². The van der Waals surface area contributed by atoms with Crippen molar-refractivity contribution in [1.82, 2.24) is 0 Å². The van der Waals surface area contributed by atoms with Gasteiger partial charge in [0.25, 0.3) is 0 Å². The van der Waals surface area contributed by atoms with Crippen LogP contribution in [0, 0.1) is 5.92 Å². The van der Waals surface area contributed by atoms with Crippen LogP contribution in [0.15, 0.2) is 35.3 Å². The zero-order valence-electron chi connectivity index (χ0n) is 15.0. The van der Waals surface area contributed by atoms with Gasteiger partial charge < -0.3 is 9.84 Å². The quantitative estimate of drug-likeness (QED) is 0.661. The van der Waals surface area contributed by atoms with Crippen LogP contribution in [0.4, 0.5) is 13.2 Å². The molecule has 0 fully saturated rings. The zero-order valence-corrected chi connectivity index (χ0v) is 16.5. The van der Waals surface area contributed by atoms with Gasteiger partial charge in [0.15, 0.2) is 9.84 Å². The molecule has 1 aromatic carbocycles. The molecule has 1 aromatic rings. The minimum Gasteiger partial charge on any atom is -0.478 e. The second-order valence-electron chi connectivity index (χ2n) is 6.71. The Morgan fingerprint density at radius 2 is 2.00 bits per heavy atom. The Labute approximate surface area is 165 Å². The van der Waals surface area contributed by atoms with Gasteiger partial charge in [0, 0.05) is 11.6 Å². The molecule has 0 spiro atoms. The van der Waals surface area contributed by atoms with Crippen LogP contribution in [0.2, 0.25) is 5.02 Å². The third-order valence-electron chi connectivity index (χ3n) is 4.12. The topological polar surface area (TPSA) is 80.7 Å². The molecule has 1 heterocycles. The molecule has 0 bridgehead atoms. The number of halogens is 4. The van der Waals surface area contributed by atoms with Crippen LogP contribution in [0.5, 0.6) is 5.75 Å². The summed E-state index contributed by atoms with van der Waals surface area (Å²) in [5.74, 6) is -2.20. The van der Waals surface area contributed by atoms with Gasteiger partial charge in [-0.25, -0.2) is 13.2 Å². The molecule has 0 saturated heterocycles. The maximum Gasteiger partial charge on any atom is 0.430 e. The van der Waals surface area contributed by atoms with E-state index in [1.54, 1.807) is 0 Å². The number of benzene rings is 1. The zero-order chi connectivity index (χ0) is 21.4. The molecule has 0 saturated carbocycles. The number of hydrogen-bond acceptors (Lipinski definition) is 4. The van der Waals surface area contributed by atoms with Crippen molar-refractivity contribution < 1.29 is 36.2 Å². The van der Waals surface area contributed by atoms with Gasteiger partial charge in [-0.1, -0.05) is 31.5 Å². The van der Waals surface area contributed by atoms with Crippen LogP contribution in [-0.2, 0) is 14.6 Å². The maximum absolute atomic E-state index is 13.2. The fraction of sp³-hybridized carbons (Fsp3) is 0.389. The van der Waals surface area contributed by atoms with Gasteiger partial charge in [-0.05, 0) is 24.5 Å². The van der Waals surface area contributed by atoms with Crippen molar-refractivity contribution in [2.45, 2.75) is 42.7 Å². The molecule has 0 amide bonds. The minimum atomic E-state index is -5.00. The average molecular weight is 439 g/mol. The van der Waals surface area contributed by atoms with Crippen molar-refractivity contribution in [2.24, 2.45) is 5.92 Å². The Morgan fingerprint density at radius 1 is 1.39 bits per heavy atom. The number of alkyl halides is 3. The van der Waals surface area contributed by atoms with Crippen molar-refractivity contribution >= 4 is 33.5 Å². The van der Waals surface area contributed by atoms with Crippen LogP contribution in [-0.4, -0.2) is 37.0 Å². The first-order valence-corrected chi connectivity index (χ1v) is 10.1. The predicted molar refractivity (Wildman–Crippen MR) is 98.2 cm³/mol. The molecular weight excluding hydrogens is 421 g/mol. The molecule has 2 atom stereocenters. The van der Waals surface area contributed by atoms with Gasteiger partial charge in [-0.15, -0.1) is 6.58 Å². The van der Waals surface area contributed by atoms with Gasteiger partial charge in [0.1, 0.15) is 5.75 Å². The lowest BCUT2D eigenvalue weighted by atomic mass is 10.0. The molecule has 0 aromatic heterocycles. The Morgan fingerprint density at radius 3 is 2.46 bits per heavy atom. The van der Waals surface area contributed by atoms with E-state index in [2.05, 4.69) is 6.58 Å². The first-order valence-electron chi connectivity index (χ1n) is 8.17. The van der Waals surface area contributed by atoms with Crippen LogP contribution < -0.4 is 4.74 Å². The number of carboxylic acids is 1. The largest absolute Gasteiger partial charge is 0.478 e. The van der Waals surface area contributed by atoms with E-state index in [4.69, 9.17) is 21.4 Å². The average Bonchev–Trinajstić information content (AvgIpc) is 2.56. The lowest BCUT2D eigenvalue weighted by molar-refractivity contribution is -0.187. The molecule has 28 heavy (non-hydrogen) atoms. The lowest BCUT2D eigenvalue weighted by Crippen LogP contribution is -2.40. The highest BCUT2D eigenvalue weighted by molar-refractivity contribution is 7.92. The number of rotatable bonds is 6. The fourth-order valence-electron chi connectivity index (χ4n) is 2.81. The van der Waals surface area contributed by atoms with E-state index in [0.29, 0.717) is 0 Å². The summed E-state index contributed by atoms with van der Waals surface area (Å²) in [6, 6.07) is 1.98. The summed E-state index contributed by atoms with van der Waals surface area (Å²) in [6.07, 6.45) is -5.45. The third kappa shape index (κ3) is 4.35. The van der Waals surface area contributed by atoms with Crippen molar-refractivity contribution in [3.63, 3.8) is 0 Å². The van der Waals surface area contributed by atoms with E-state index >= 15 is 0 Å². The fourth-order valence-corrected chi connectivity index (χ4v) is 5.13. The van der Waals surface area contributed by atoms with Crippen molar-refractivity contribution in [1.29, 1.82) is 0 Å². The Bertz CT molecular complexity index is 935. The highest BCUT2D eigenvalue weighted by Crippen LogP contribution is 2.41. The Hall–Kier alpha value is -2.00. The maximum atomic E-state index is 13.2. The number of aliphatic carboxylic acids is 1. The molecule has 5 nitrogen and oxygen atoms in total. The first kappa shape index (κ1) is 22.3. The van der Waals surface area contributed by atoms with E-state index in [0.717, 1.165) is 18.2 Å². The number of ether oxygens (including phenoxy) is 1. The molecule has 2 unspecified atom stereocenters. The van der Waals surface area contributed by atoms with Crippen LogP contribution >= 0.6 is 11.6 Å². The second-order valence-corrected chi connectivity index (χ2v) is 9.26. The number of sulfone groups is 1. The minimum absolute atomic E-state index is 0.0149. The van der Waals surface area contributed by atoms with Crippen LogP contribution in [0.25, 0.3) is 6.08 Å². The highest BCUT2D eigenvalue weighted by Gasteiger charge is 2.48. The number of carboxylic acid groups (broad SMARTS) is 1. The SMILES string of the molecule is C=CC(CC(C)C)S(=O)(=O)c1cc2c(cc1Cl)C=C(C(=O)O)C(C(F)(F)F)O2. The van der Waals surface area contributed by atoms with Crippen molar-refractivity contribution in [2.75, 3.05) is 0 Å². The van der Waals surface area contributed by atoms with E-state index < -0.39 is 49.6 Å².